The van der Waals surface area contributed by atoms with Gasteiger partial charge in [0.1, 0.15) is 0 Å². The summed E-state index contributed by atoms with van der Waals surface area (Å²) in [7, 11) is 0. The van der Waals surface area contributed by atoms with Gasteiger partial charge in [0.2, 0.25) is 5.91 Å². The van der Waals surface area contributed by atoms with Crippen LogP contribution in [0.3, 0.4) is 0 Å². The van der Waals surface area contributed by atoms with Crippen molar-refractivity contribution in [3.8, 4) is 6.07 Å². The molecule has 4 nitrogen and oxygen atoms in total. The van der Waals surface area contributed by atoms with E-state index in [1.54, 1.807) is 30.3 Å². The second kappa shape index (κ2) is 7.71. The fourth-order valence-corrected chi connectivity index (χ4v) is 2.03. The maximum Gasteiger partial charge on any atom is 0.249 e. The van der Waals surface area contributed by atoms with Gasteiger partial charge in [-0.2, -0.15) is 5.26 Å². The van der Waals surface area contributed by atoms with Gasteiger partial charge < -0.3 is 5.32 Å². The highest BCUT2D eigenvalue weighted by Gasteiger charge is 2.24. The topological polar surface area (TPSA) is 70.0 Å². The Morgan fingerprint density at radius 2 is 1.87 bits per heavy atom. The second-order valence-electron chi connectivity index (χ2n) is 5.07. The van der Waals surface area contributed by atoms with Gasteiger partial charge in [-0.25, -0.2) is 0 Å². The summed E-state index contributed by atoms with van der Waals surface area (Å²) in [4.78, 5) is 24.2. The first kappa shape index (κ1) is 16.2. The Labute approximate surface area is 135 Å². The first-order valence-electron chi connectivity index (χ1n) is 7.14. The van der Waals surface area contributed by atoms with Gasteiger partial charge in [-0.15, -0.1) is 0 Å². The summed E-state index contributed by atoms with van der Waals surface area (Å²) in [6, 6.07) is 18.2. The predicted octanol–water partition coefficient (Wildman–Crippen LogP) is 3.36. The van der Waals surface area contributed by atoms with Crippen LogP contribution in [0.25, 0.3) is 6.08 Å². The van der Waals surface area contributed by atoms with Crippen molar-refractivity contribution in [2.45, 2.75) is 6.92 Å². The van der Waals surface area contributed by atoms with Crippen molar-refractivity contribution in [2.75, 3.05) is 5.32 Å². The Kier molecular flexibility index (Phi) is 5.43. The average Bonchev–Trinajstić information content (AvgIpc) is 2.54. The van der Waals surface area contributed by atoms with Crippen LogP contribution in [-0.2, 0) is 9.59 Å². The number of nitrogens with one attached hydrogen (secondary N) is 1. The molecule has 0 fully saturated rings. The molecule has 2 aromatic rings. The van der Waals surface area contributed by atoms with E-state index in [9.17, 15) is 9.59 Å². The van der Waals surface area contributed by atoms with Crippen molar-refractivity contribution in [3.05, 3.63) is 71.8 Å². The third-order valence-electron chi connectivity index (χ3n) is 3.20. The van der Waals surface area contributed by atoms with Crippen LogP contribution in [0.4, 0.5) is 5.69 Å². The van der Waals surface area contributed by atoms with Gasteiger partial charge in [-0.1, -0.05) is 48.5 Å². The monoisotopic (exact) mass is 304 g/mol. The smallest absolute Gasteiger partial charge is 0.249 e. The predicted molar refractivity (Wildman–Crippen MR) is 89.4 cm³/mol. The Balaban J connectivity index is 2.06. The Hall–Kier alpha value is -3.19. The van der Waals surface area contributed by atoms with Gasteiger partial charge in [0.25, 0.3) is 0 Å². The summed E-state index contributed by atoms with van der Waals surface area (Å²) in [6.45, 7) is 1.89. The Bertz CT molecular complexity index is 773. The number of carbonyl (C=O) groups is 2. The van der Waals surface area contributed by atoms with Crippen molar-refractivity contribution in [3.63, 3.8) is 0 Å². The van der Waals surface area contributed by atoms with Crippen LogP contribution in [0, 0.1) is 24.2 Å². The summed E-state index contributed by atoms with van der Waals surface area (Å²) in [5.41, 5.74) is 2.37. The highest BCUT2D eigenvalue weighted by molar-refractivity contribution is 6.14. The number of ketones is 1. The number of anilines is 1. The van der Waals surface area contributed by atoms with E-state index in [2.05, 4.69) is 5.32 Å². The average molecular weight is 304 g/mol. The lowest BCUT2D eigenvalue weighted by Gasteiger charge is -2.08. The van der Waals surface area contributed by atoms with Crippen molar-refractivity contribution in [1.29, 1.82) is 5.26 Å². The zero-order valence-corrected chi connectivity index (χ0v) is 12.7. The molecule has 1 atom stereocenters. The van der Waals surface area contributed by atoms with Gasteiger partial charge >= 0.3 is 0 Å². The molecule has 0 saturated carbocycles. The molecular weight excluding hydrogens is 288 g/mol. The maximum atomic E-state index is 12.1. The van der Waals surface area contributed by atoms with Crippen LogP contribution in [0.2, 0.25) is 0 Å². The van der Waals surface area contributed by atoms with E-state index in [1.165, 1.54) is 6.08 Å². The number of nitrogens with zero attached hydrogens (tertiary/aromatic N) is 1. The molecule has 4 heteroatoms. The highest BCUT2D eigenvalue weighted by Crippen LogP contribution is 2.12. The van der Waals surface area contributed by atoms with Crippen LogP contribution in [0.1, 0.15) is 11.1 Å². The lowest BCUT2D eigenvalue weighted by molar-refractivity contribution is -0.126. The van der Waals surface area contributed by atoms with Gasteiger partial charge in [0.15, 0.2) is 11.7 Å². The molecule has 23 heavy (non-hydrogen) atoms. The summed E-state index contributed by atoms with van der Waals surface area (Å²) in [6.07, 6.45) is 2.85. The number of benzene rings is 2. The molecule has 0 unspecified atom stereocenters. The Morgan fingerprint density at radius 3 is 2.52 bits per heavy atom. The number of allylic oxidation sites excluding steroid dienone is 1. The van der Waals surface area contributed by atoms with E-state index in [0.717, 1.165) is 11.1 Å². The summed E-state index contributed by atoms with van der Waals surface area (Å²) in [5, 5.41) is 11.7. The van der Waals surface area contributed by atoms with Crippen LogP contribution >= 0.6 is 0 Å². The number of aryl methyl sites for hydroxylation is 1. The molecule has 0 bridgehead atoms. The van der Waals surface area contributed by atoms with Crippen molar-refractivity contribution < 1.29 is 9.59 Å². The van der Waals surface area contributed by atoms with Crippen molar-refractivity contribution >= 4 is 23.5 Å². The van der Waals surface area contributed by atoms with E-state index in [1.807, 2.05) is 43.3 Å². The summed E-state index contributed by atoms with van der Waals surface area (Å²) < 4.78 is 0. The molecule has 0 saturated heterocycles. The number of hydrogen-bond donors (Lipinski definition) is 1. The van der Waals surface area contributed by atoms with Crippen molar-refractivity contribution in [1.82, 2.24) is 0 Å². The van der Waals surface area contributed by atoms with Crippen LogP contribution in [0.5, 0.6) is 0 Å². The third-order valence-corrected chi connectivity index (χ3v) is 3.20. The molecule has 114 valence electrons. The van der Waals surface area contributed by atoms with Crippen molar-refractivity contribution in [2.24, 2.45) is 5.92 Å². The second-order valence-corrected chi connectivity index (χ2v) is 5.07. The fraction of sp³-hybridized carbons (Fsp3) is 0.105. The quantitative estimate of drug-likeness (QED) is 0.680. The zero-order valence-electron chi connectivity index (χ0n) is 12.7. The molecule has 1 N–H and O–H groups in total. The highest BCUT2D eigenvalue weighted by atomic mass is 16.2. The molecule has 0 aromatic heterocycles. The summed E-state index contributed by atoms with van der Waals surface area (Å²) >= 11 is 0. The molecular formula is C19H16N2O2. The minimum atomic E-state index is -1.37. The minimum Gasteiger partial charge on any atom is -0.325 e. The third kappa shape index (κ3) is 4.65. The van der Waals surface area contributed by atoms with Crippen LogP contribution < -0.4 is 5.32 Å². The maximum absolute atomic E-state index is 12.1. The number of carbonyl (C=O) groups excluding carboxylic acids is 2. The van der Waals surface area contributed by atoms with Crippen LogP contribution in [0.15, 0.2) is 60.7 Å². The lowest BCUT2D eigenvalue weighted by atomic mass is 10.0. The normalized spacial score (nSPS) is 11.7. The number of amides is 1. The molecule has 0 spiro atoms. The van der Waals surface area contributed by atoms with E-state index < -0.39 is 17.6 Å². The SMILES string of the molecule is Cc1cccc(NC(=O)[C@@H](C#N)C(=O)/C=C/c2ccccc2)c1. The molecule has 0 heterocycles. The van der Waals surface area contributed by atoms with Gasteiger partial charge in [-0.05, 0) is 36.3 Å². The molecule has 0 aliphatic rings. The number of nitriles is 1. The number of hydrogen-bond acceptors (Lipinski definition) is 3. The van der Waals surface area contributed by atoms with E-state index in [0.29, 0.717) is 5.69 Å². The largest absolute Gasteiger partial charge is 0.325 e. The minimum absolute atomic E-state index is 0.540. The molecule has 2 aromatic carbocycles. The molecule has 0 radical (unpaired) electrons. The summed E-state index contributed by atoms with van der Waals surface area (Å²) in [5.74, 6) is -2.53. The lowest BCUT2D eigenvalue weighted by Crippen LogP contribution is -2.27. The van der Waals surface area contributed by atoms with E-state index in [-0.39, 0.29) is 0 Å². The first-order valence-corrected chi connectivity index (χ1v) is 7.14. The molecule has 0 aliphatic carbocycles. The first-order chi connectivity index (χ1) is 11.1. The fourth-order valence-electron chi connectivity index (χ4n) is 2.03. The van der Waals surface area contributed by atoms with Gasteiger partial charge in [0, 0.05) is 5.69 Å². The number of rotatable bonds is 5. The molecule has 1 amide bonds. The molecule has 2 rings (SSSR count). The van der Waals surface area contributed by atoms with E-state index >= 15 is 0 Å². The molecule has 0 aliphatic heterocycles. The van der Waals surface area contributed by atoms with E-state index in [4.69, 9.17) is 5.26 Å². The zero-order chi connectivity index (χ0) is 16.7. The Morgan fingerprint density at radius 1 is 1.13 bits per heavy atom. The van der Waals surface area contributed by atoms with Gasteiger partial charge in [-0.3, -0.25) is 9.59 Å². The van der Waals surface area contributed by atoms with Crippen LogP contribution in [-0.4, -0.2) is 11.7 Å². The standard InChI is InChI=1S/C19H16N2O2/c1-14-6-5-9-16(12-14)21-19(23)17(13-20)18(22)11-10-15-7-3-2-4-8-15/h2-12,17H,1H3,(H,21,23)/b11-10+/t17-/m0/s1. The van der Waals surface area contributed by atoms with Gasteiger partial charge in [0.05, 0.1) is 6.07 Å².